The summed E-state index contributed by atoms with van der Waals surface area (Å²) >= 11 is 0. The van der Waals surface area contributed by atoms with Crippen molar-refractivity contribution in [3.63, 3.8) is 0 Å². The molecule has 3 fully saturated rings. The molecule has 8 nitrogen and oxygen atoms in total. The zero-order valence-corrected chi connectivity index (χ0v) is 24.4. The Morgan fingerprint density at radius 3 is 2.63 bits per heavy atom. The largest absolute Gasteiger partial charge is 0.497 e. The Hall–Kier alpha value is -3.13. The number of hydrogen-bond acceptors (Lipinski definition) is 5. The molecule has 8 atom stereocenters. The van der Waals surface area contributed by atoms with E-state index in [1.54, 1.807) is 36.3 Å². The predicted octanol–water partition coefficient (Wildman–Crippen LogP) is 4.62. The highest BCUT2D eigenvalue weighted by molar-refractivity contribution is 6.02. The topological polar surface area (TPSA) is 97.0 Å². The summed E-state index contributed by atoms with van der Waals surface area (Å²) in [6, 6.07) is 6.39. The van der Waals surface area contributed by atoms with Gasteiger partial charge in [-0.3, -0.25) is 14.4 Å². The number of rotatable bonds is 8. The fourth-order valence-corrected chi connectivity index (χ4v) is 7.85. The summed E-state index contributed by atoms with van der Waals surface area (Å²) in [5.41, 5.74) is 0.831. The lowest BCUT2D eigenvalue weighted by molar-refractivity contribution is -0.141. The van der Waals surface area contributed by atoms with Crippen molar-refractivity contribution in [1.82, 2.24) is 10.2 Å². The highest BCUT2D eigenvalue weighted by Crippen LogP contribution is 2.55. The van der Waals surface area contributed by atoms with Gasteiger partial charge >= 0.3 is 0 Å². The van der Waals surface area contributed by atoms with Crippen LogP contribution < -0.4 is 15.4 Å². The number of amides is 3. The first-order valence-electron chi connectivity index (χ1n) is 15.4. The van der Waals surface area contributed by atoms with Crippen LogP contribution in [0.5, 0.6) is 5.75 Å². The second-order valence-corrected chi connectivity index (χ2v) is 12.7. The number of methoxy groups -OCH3 is 1. The van der Waals surface area contributed by atoms with Gasteiger partial charge in [-0.25, -0.2) is 0 Å². The number of benzene rings is 1. The Bertz CT molecular complexity index is 1240. The maximum absolute atomic E-state index is 14.2. The summed E-state index contributed by atoms with van der Waals surface area (Å²) in [6.45, 7) is 4.91. The number of ether oxygens (including phenoxy) is 2. The number of anilines is 1. The minimum Gasteiger partial charge on any atom is -0.497 e. The zero-order valence-electron chi connectivity index (χ0n) is 24.4. The standard InChI is InChI=1S/C33H43N3O5/c1-20-8-7-11-25(21(20)2)35-31(38)29-33-18-16-26(41-33)27(30(37)34-23-12-14-24(40-3)15-13-23)28(33)32(39)36(29)19-17-22-9-5-4-6-10-22/h9,12-16,18,20-21,25-29H,4-8,10-11,17,19H2,1-3H3,(H,34,37)(H,35,38)/t20?,21?,25?,26-,27?,28-,29?,33?/m0/s1. The molecular weight excluding hydrogens is 518 g/mol. The number of carbonyl (C=O) groups excluding carboxylic acids is 3. The first-order chi connectivity index (χ1) is 19.8. The molecule has 5 aliphatic rings. The van der Waals surface area contributed by atoms with E-state index in [1.165, 1.54) is 18.4 Å². The fraction of sp³-hybridized carbons (Fsp3) is 0.606. The summed E-state index contributed by atoms with van der Waals surface area (Å²) in [7, 11) is 1.59. The van der Waals surface area contributed by atoms with Gasteiger partial charge in [0.25, 0.3) is 0 Å². The Morgan fingerprint density at radius 2 is 1.90 bits per heavy atom. The van der Waals surface area contributed by atoms with E-state index in [-0.39, 0.29) is 23.8 Å². The fourth-order valence-electron chi connectivity index (χ4n) is 7.85. The van der Waals surface area contributed by atoms with E-state index in [4.69, 9.17) is 9.47 Å². The molecule has 8 heteroatoms. The minimum absolute atomic E-state index is 0.0662. The van der Waals surface area contributed by atoms with Gasteiger partial charge in [0.05, 0.1) is 25.0 Å². The van der Waals surface area contributed by atoms with Crippen LogP contribution in [0.2, 0.25) is 0 Å². The normalized spacial score (nSPS) is 35.7. The first kappa shape index (κ1) is 28.0. The number of carbonyl (C=O) groups is 3. The van der Waals surface area contributed by atoms with Crippen molar-refractivity contribution in [3.8, 4) is 5.75 Å². The molecule has 0 aromatic heterocycles. The van der Waals surface area contributed by atoms with Gasteiger partial charge in [-0.15, -0.1) is 0 Å². The number of nitrogens with zero attached hydrogens (tertiary/aromatic N) is 1. The van der Waals surface area contributed by atoms with Crippen molar-refractivity contribution in [2.45, 2.75) is 89.0 Å². The molecule has 3 heterocycles. The van der Waals surface area contributed by atoms with Crippen molar-refractivity contribution in [1.29, 1.82) is 0 Å². The second kappa shape index (κ2) is 11.3. The molecule has 220 valence electrons. The highest BCUT2D eigenvalue weighted by Gasteiger charge is 2.72. The lowest BCUT2D eigenvalue weighted by atomic mass is 9.73. The summed E-state index contributed by atoms with van der Waals surface area (Å²) in [6.07, 6.45) is 13.9. The first-order valence-corrected chi connectivity index (χ1v) is 15.4. The molecule has 0 radical (unpaired) electrons. The number of nitrogens with one attached hydrogen (secondary N) is 2. The van der Waals surface area contributed by atoms with Gasteiger partial charge in [0.1, 0.15) is 17.4 Å². The van der Waals surface area contributed by atoms with Gasteiger partial charge in [-0.2, -0.15) is 0 Å². The quantitative estimate of drug-likeness (QED) is 0.452. The SMILES string of the molecule is COc1ccc(NC(=O)C2[C@@H]3C=CC4(O3)C(C(=O)NC3CCCC(C)C3C)N(CCC3=CCCCC3)C(=O)[C@H]24)cc1. The number of allylic oxidation sites excluding steroid dienone is 1. The van der Waals surface area contributed by atoms with Crippen molar-refractivity contribution in [2.75, 3.05) is 19.0 Å². The smallest absolute Gasteiger partial charge is 0.246 e. The summed E-state index contributed by atoms with van der Waals surface area (Å²) < 4.78 is 11.8. The molecule has 2 aliphatic carbocycles. The van der Waals surface area contributed by atoms with E-state index in [9.17, 15) is 14.4 Å². The van der Waals surface area contributed by atoms with Crippen LogP contribution in [-0.4, -0.2) is 60.1 Å². The van der Waals surface area contributed by atoms with Gasteiger partial charge in [0.15, 0.2) is 0 Å². The van der Waals surface area contributed by atoms with Crippen LogP contribution in [0.3, 0.4) is 0 Å². The van der Waals surface area contributed by atoms with E-state index >= 15 is 0 Å². The van der Waals surface area contributed by atoms with Gasteiger partial charge < -0.3 is 25.0 Å². The van der Waals surface area contributed by atoms with Crippen molar-refractivity contribution in [3.05, 3.63) is 48.1 Å². The Labute approximate surface area is 242 Å². The monoisotopic (exact) mass is 561 g/mol. The average Bonchev–Trinajstić information content (AvgIpc) is 3.62. The lowest BCUT2D eigenvalue weighted by Crippen LogP contribution is -2.58. The van der Waals surface area contributed by atoms with Crippen LogP contribution in [0.15, 0.2) is 48.1 Å². The molecule has 1 spiro atoms. The summed E-state index contributed by atoms with van der Waals surface area (Å²) in [5, 5.41) is 6.32. The van der Waals surface area contributed by atoms with Crippen LogP contribution in [0.25, 0.3) is 0 Å². The zero-order chi connectivity index (χ0) is 28.7. The van der Waals surface area contributed by atoms with Crippen molar-refractivity contribution in [2.24, 2.45) is 23.7 Å². The molecule has 3 amide bonds. The van der Waals surface area contributed by atoms with E-state index in [0.29, 0.717) is 29.8 Å². The number of hydrogen-bond donors (Lipinski definition) is 2. The van der Waals surface area contributed by atoms with Gasteiger partial charge in [-0.05, 0) is 74.6 Å². The Kier molecular flexibility index (Phi) is 7.70. The number of likely N-dealkylation sites (tertiary alicyclic amines) is 1. The van der Waals surface area contributed by atoms with E-state index in [1.807, 2.05) is 12.2 Å². The maximum Gasteiger partial charge on any atom is 0.246 e. The van der Waals surface area contributed by atoms with Gasteiger partial charge in [0.2, 0.25) is 17.7 Å². The van der Waals surface area contributed by atoms with E-state index in [0.717, 1.165) is 38.5 Å². The Balaban J connectivity index is 1.27. The van der Waals surface area contributed by atoms with E-state index in [2.05, 4.69) is 30.6 Å². The molecule has 2 bridgehead atoms. The molecule has 1 saturated carbocycles. The third kappa shape index (κ3) is 4.98. The van der Waals surface area contributed by atoms with Crippen LogP contribution >= 0.6 is 0 Å². The van der Waals surface area contributed by atoms with Crippen LogP contribution in [-0.2, 0) is 19.1 Å². The second-order valence-electron chi connectivity index (χ2n) is 12.7. The van der Waals surface area contributed by atoms with Crippen molar-refractivity contribution < 1.29 is 23.9 Å². The predicted molar refractivity (Wildman–Crippen MR) is 156 cm³/mol. The molecule has 6 unspecified atom stereocenters. The highest BCUT2D eigenvalue weighted by atomic mass is 16.5. The molecular formula is C33H43N3O5. The van der Waals surface area contributed by atoms with Crippen LogP contribution in [0, 0.1) is 23.7 Å². The number of fused-ring (bicyclic) bond motifs is 1. The van der Waals surface area contributed by atoms with Crippen LogP contribution in [0.1, 0.15) is 65.2 Å². The summed E-state index contributed by atoms with van der Waals surface area (Å²) in [5.74, 6) is -0.456. The van der Waals surface area contributed by atoms with Gasteiger partial charge in [0, 0.05) is 18.3 Å². The average molecular weight is 562 g/mol. The molecule has 2 saturated heterocycles. The van der Waals surface area contributed by atoms with Crippen LogP contribution in [0.4, 0.5) is 5.69 Å². The maximum atomic E-state index is 14.2. The molecule has 1 aromatic carbocycles. The van der Waals surface area contributed by atoms with Crippen molar-refractivity contribution >= 4 is 23.4 Å². The van der Waals surface area contributed by atoms with E-state index < -0.39 is 29.6 Å². The molecule has 6 rings (SSSR count). The molecule has 3 aliphatic heterocycles. The minimum atomic E-state index is -1.14. The summed E-state index contributed by atoms with van der Waals surface area (Å²) in [4.78, 5) is 43.8. The molecule has 1 aromatic rings. The Morgan fingerprint density at radius 1 is 1.10 bits per heavy atom. The molecule has 2 N–H and O–H groups in total. The third-order valence-corrected chi connectivity index (χ3v) is 10.4. The lowest BCUT2D eigenvalue weighted by Gasteiger charge is -2.38. The van der Waals surface area contributed by atoms with Gasteiger partial charge in [-0.1, -0.05) is 50.5 Å². The molecule has 41 heavy (non-hydrogen) atoms. The third-order valence-electron chi connectivity index (χ3n) is 10.4.